The first-order valence-corrected chi connectivity index (χ1v) is 12.8. The number of ketones is 2. The Bertz CT molecular complexity index is 2060. The predicted molar refractivity (Wildman–Crippen MR) is 156 cm³/mol. The van der Waals surface area contributed by atoms with E-state index in [4.69, 9.17) is 0 Å². The number of allylic oxidation sites excluding steroid dienone is 1. The lowest BCUT2D eigenvalue weighted by molar-refractivity contribution is 0.0990. The smallest absolute Gasteiger partial charge is 0.197 e. The predicted octanol–water partition coefficient (Wildman–Crippen LogP) is 8.87. The third kappa shape index (κ3) is 2.83. The second-order valence-corrected chi connectivity index (χ2v) is 9.98. The van der Waals surface area contributed by atoms with Crippen LogP contribution < -0.4 is 0 Å². The third-order valence-corrected chi connectivity index (χ3v) is 7.96. The molecule has 0 spiro atoms. The fourth-order valence-corrected chi connectivity index (χ4v) is 6.23. The molecule has 0 aromatic heterocycles. The number of hydrogen-bond donors (Lipinski definition) is 0. The summed E-state index contributed by atoms with van der Waals surface area (Å²) in [7, 11) is 0. The van der Waals surface area contributed by atoms with Gasteiger partial charge >= 0.3 is 0 Å². The van der Waals surface area contributed by atoms with Crippen molar-refractivity contribution in [2.75, 3.05) is 0 Å². The summed E-state index contributed by atoms with van der Waals surface area (Å²) in [5.41, 5.74) is 4.30. The van der Waals surface area contributed by atoms with E-state index in [1.165, 1.54) is 43.1 Å². The Morgan fingerprint density at radius 3 is 1.63 bits per heavy atom. The molecule has 0 amide bonds. The fourth-order valence-electron chi connectivity index (χ4n) is 6.23. The van der Waals surface area contributed by atoms with Crippen molar-refractivity contribution in [1.29, 1.82) is 0 Å². The summed E-state index contributed by atoms with van der Waals surface area (Å²) < 4.78 is 0. The maximum absolute atomic E-state index is 12.8. The maximum Gasteiger partial charge on any atom is 0.197 e. The SMILES string of the molecule is O=C1C(=Cc2ccc(-c3ccc4c5cccc6cccc(c7cccc3c74)c65)cc2)C(=O)c2ccccc21. The van der Waals surface area contributed by atoms with E-state index in [1.54, 1.807) is 30.3 Å². The van der Waals surface area contributed by atoms with Gasteiger partial charge in [0.1, 0.15) is 0 Å². The van der Waals surface area contributed by atoms with E-state index >= 15 is 0 Å². The molecule has 7 aromatic rings. The van der Waals surface area contributed by atoms with Crippen LogP contribution in [0.15, 0.2) is 121 Å². The Labute approximate surface area is 218 Å². The lowest BCUT2D eigenvalue weighted by atomic mass is 9.87. The molecule has 2 nitrogen and oxygen atoms in total. The standard InChI is InChI=1S/C36H20O2/c37-35-30-8-1-2-9-31(30)36(38)32(35)20-21-14-16-22(17-15-21)24-18-19-29-27-11-4-7-23-6-3-10-26(33(23)27)28-13-5-12-25(24)34(28)29/h1-20H. The normalized spacial score (nSPS) is 13.3. The second kappa shape index (κ2) is 7.71. The van der Waals surface area contributed by atoms with Gasteiger partial charge in [-0.05, 0) is 65.9 Å². The molecule has 0 fully saturated rings. The number of rotatable bonds is 2. The maximum atomic E-state index is 12.8. The zero-order valence-electron chi connectivity index (χ0n) is 20.4. The average molecular weight is 485 g/mol. The van der Waals surface area contributed by atoms with Crippen molar-refractivity contribution in [2.24, 2.45) is 0 Å². The van der Waals surface area contributed by atoms with Gasteiger partial charge in [0.15, 0.2) is 11.6 Å². The van der Waals surface area contributed by atoms with Gasteiger partial charge in [0.25, 0.3) is 0 Å². The van der Waals surface area contributed by atoms with E-state index in [1.807, 2.05) is 12.1 Å². The Hall–Kier alpha value is -5.08. The average Bonchev–Trinajstić information content (AvgIpc) is 3.21. The monoisotopic (exact) mass is 484 g/mol. The van der Waals surface area contributed by atoms with Crippen LogP contribution in [0, 0.1) is 0 Å². The van der Waals surface area contributed by atoms with Gasteiger partial charge in [0.2, 0.25) is 0 Å². The fraction of sp³-hybridized carbons (Fsp3) is 0. The number of carbonyl (C=O) groups excluding carboxylic acids is 2. The van der Waals surface area contributed by atoms with Crippen molar-refractivity contribution < 1.29 is 9.59 Å². The van der Waals surface area contributed by atoms with Crippen molar-refractivity contribution in [3.63, 3.8) is 0 Å². The van der Waals surface area contributed by atoms with Crippen LogP contribution in [0.1, 0.15) is 26.3 Å². The van der Waals surface area contributed by atoms with Gasteiger partial charge < -0.3 is 0 Å². The molecule has 0 aliphatic heterocycles. The van der Waals surface area contributed by atoms with Crippen molar-refractivity contribution in [1.82, 2.24) is 0 Å². The second-order valence-electron chi connectivity index (χ2n) is 9.98. The molecular formula is C36H20O2. The van der Waals surface area contributed by atoms with Gasteiger partial charge in [0, 0.05) is 11.1 Å². The molecule has 0 N–H and O–H groups in total. The summed E-state index contributed by atoms with van der Waals surface area (Å²) in [5, 5.41) is 10.2. The number of fused-ring (bicyclic) bond motifs is 3. The van der Waals surface area contributed by atoms with Gasteiger partial charge in [-0.3, -0.25) is 9.59 Å². The van der Waals surface area contributed by atoms with Crippen LogP contribution in [-0.2, 0) is 0 Å². The number of benzene rings is 7. The quantitative estimate of drug-likeness (QED) is 0.106. The summed E-state index contributed by atoms with van der Waals surface area (Å²) in [6.07, 6.45) is 1.71. The van der Waals surface area contributed by atoms with E-state index in [9.17, 15) is 9.59 Å². The third-order valence-electron chi connectivity index (χ3n) is 7.96. The molecule has 0 heterocycles. The zero-order valence-corrected chi connectivity index (χ0v) is 20.4. The number of Topliss-reactive ketones (excluding diaryl/α,β-unsaturated/α-hetero) is 2. The highest BCUT2D eigenvalue weighted by atomic mass is 16.2. The molecule has 176 valence electrons. The number of hydrogen-bond acceptors (Lipinski definition) is 2. The van der Waals surface area contributed by atoms with Gasteiger partial charge in [-0.1, -0.05) is 115 Å². The van der Waals surface area contributed by atoms with Gasteiger partial charge in [0.05, 0.1) is 5.57 Å². The highest BCUT2D eigenvalue weighted by Crippen LogP contribution is 2.43. The van der Waals surface area contributed by atoms with E-state index in [0.717, 1.165) is 16.7 Å². The minimum Gasteiger partial charge on any atom is -0.288 e. The molecular weight excluding hydrogens is 464 g/mol. The Morgan fingerprint density at radius 1 is 0.421 bits per heavy atom. The summed E-state index contributed by atoms with van der Waals surface area (Å²) in [6, 6.07) is 39.3. The van der Waals surface area contributed by atoms with E-state index in [0.29, 0.717) is 11.1 Å². The van der Waals surface area contributed by atoms with Crippen molar-refractivity contribution in [2.45, 2.75) is 0 Å². The molecule has 0 bridgehead atoms. The minimum absolute atomic E-state index is 0.200. The van der Waals surface area contributed by atoms with Crippen molar-refractivity contribution in [3.05, 3.63) is 138 Å². The summed E-state index contributed by atoms with van der Waals surface area (Å²) in [5.74, 6) is -0.401. The topological polar surface area (TPSA) is 34.1 Å². The Morgan fingerprint density at radius 2 is 0.974 bits per heavy atom. The zero-order chi connectivity index (χ0) is 25.4. The molecule has 0 saturated heterocycles. The summed E-state index contributed by atoms with van der Waals surface area (Å²) >= 11 is 0. The first kappa shape index (κ1) is 21.0. The van der Waals surface area contributed by atoms with Crippen LogP contribution in [-0.4, -0.2) is 11.6 Å². The van der Waals surface area contributed by atoms with Gasteiger partial charge in [-0.25, -0.2) is 0 Å². The molecule has 1 aliphatic rings. The molecule has 0 unspecified atom stereocenters. The van der Waals surface area contributed by atoms with Crippen LogP contribution in [0.2, 0.25) is 0 Å². The van der Waals surface area contributed by atoms with Gasteiger partial charge in [-0.2, -0.15) is 0 Å². The molecule has 7 aromatic carbocycles. The number of carbonyl (C=O) groups is 2. The molecule has 0 atom stereocenters. The van der Waals surface area contributed by atoms with Crippen LogP contribution in [0.25, 0.3) is 60.3 Å². The molecule has 38 heavy (non-hydrogen) atoms. The van der Waals surface area contributed by atoms with Crippen LogP contribution in [0.4, 0.5) is 0 Å². The highest BCUT2D eigenvalue weighted by Gasteiger charge is 2.32. The van der Waals surface area contributed by atoms with Crippen LogP contribution in [0.5, 0.6) is 0 Å². The summed E-state index contributed by atoms with van der Waals surface area (Å²) in [4.78, 5) is 25.6. The highest BCUT2D eigenvalue weighted by molar-refractivity contribution is 6.41. The lowest BCUT2D eigenvalue weighted by Crippen LogP contribution is -2.00. The largest absolute Gasteiger partial charge is 0.288 e. The molecule has 8 rings (SSSR count). The molecule has 1 aliphatic carbocycles. The van der Waals surface area contributed by atoms with E-state index in [2.05, 4.69) is 78.9 Å². The lowest BCUT2D eigenvalue weighted by Gasteiger charge is -2.16. The Kier molecular flexibility index (Phi) is 4.27. The van der Waals surface area contributed by atoms with Crippen molar-refractivity contribution in [3.8, 4) is 11.1 Å². The molecule has 2 heteroatoms. The van der Waals surface area contributed by atoms with Crippen LogP contribution >= 0.6 is 0 Å². The van der Waals surface area contributed by atoms with Gasteiger partial charge in [-0.15, -0.1) is 0 Å². The van der Waals surface area contributed by atoms with Crippen molar-refractivity contribution >= 4 is 60.7 Å². The molecule has 0 saturated carbocycles. The first-order valence-electron chi connectivity index (χ1n) is 12.8. The molecule has 0 radical (unpaired) electrons. The Balaban J connectivity index is 1.27. The first-order chi connectivity index (χ1) is 18.7. The van der Waals surface area contributed by atoms with E-state index in [-0.39, 0.29) is 17.1 Å². The summed E-state index contributed by atoms with van der Waals surface area (Å²) in [6.45, 7) is 0. The minimum atomic E-state index is -0.200. The van der Waals surface area contributed by atoms with Crippen LogP contribution in [0.3, 0.4) is 0 Å². The van der Waals surface area contributed by atoms with E-state index < -0.39 is 0 Å².